The average Bonchev–Trinajstić information content (AvgIpc) is 3.17. The lowest BCUT2D eigenvalue weighted by Gasteiger charge is -2.56. The third-order valence-corrected chi connectivity index (χ3v) is 5.92. The Kier molecular flexibility index (Phi) is 2.75. The summed E-state index contributed by atoms with van der Waals surface area (Å²) in [5.41, 5.74) is 0.336. The van der Waals surface area contributed by atoms with E-state index in [9.17, 15) is 4.79 Å². The molecule has 23 heavy (non-hydrogen) atoms. The molecule has 6 rings (SSSR count). The molecule has 120 valence electrons. The Morgan fingerprint density at radius 1 is 1.13 bits per heavy atom. The van der Waals surface area contributed by atoms with Crippen molar-refractivity contribution in [1.82, 2.24) is 10.5 Å². The summed E-state index contributed by atoms with van der Waals surface area (Å²) < 4.78 is 10.5. The number of carbonyl (C=O) groups excluding carboxylic acids is 1. The summed E-state index contributed by atoms with van der Waals surface area (Å²) >= 11 is 0. The Morgan fingerprint density at radius 2 is 1.83 bits per heavy atom. The fourth-order valence-corrected chi connectivity index (χ4v) is 5.49. The number of amides is 1. The number of nitrogens with one attached hydrogen (secondary N) is 1. The Labute approximate surface area is 134 Å². The highest BCUT2D eigenvalue weighted by atomic mass is 16.5. The van der Waals surface area contributed by atoms with Gasteiger partial charge in [0.25, 0.3) is 5.91 Å². The first kappa shape index (κ1) is 13.4. The van der Waals surface area contributed by atoms with E-state index in [1.54, 1.807) is 24.5 Å². The molecule has 4 aliphatic rings. The first-order valence-corrected chi connectivity index (χ1v) is 8.52. The SMILES string of the molecule is O=C(NC12CC3CC(CC(C3)C1)C2)c1cc(-c2ccco2)on1. The number of aromatic nitrogens is 1. The molecule has 1 N–H and O–H groups in total. The molecule has 0 spiro atoms. The molecule has 0 saturated heterocycles. The van der Waals surface area contributed by atoms with Gasteiger partial charge in [0, 0.05) is 11.6 Å². The van der Waals surface area contributed by atoms with E-state index in [2.05, 4.69) is 10.5 Å². The Hall–Kier alpha value is -2.04. The number of hydrogen-bond donors (Lipinski definition) is 1. The molecule has 5 heteroatoms. The third-order valence-electron chi connectivity index (χ3n) is 5.92. The Balaban J connectivity index is 1.36. The van der Waals surface area contributed by atoms with Crippen LogP contribution in [-0.2, 0) is 0 Å². The van der Waals surface area contributed by atoms with Gasteiger partial charge >= 0.3 is 0 Å². The van der Waals surface area contributed by atoms with Gasteiger partial charge in [-0.25, -0.2) is 0 Å². The summed E-state index contributed by atoms with van der Waals surface area (Å²) in [5.74, 6) is 3.37. The van der Waals surface area contributed by atoms with Crippen LogP contribution in [0.5, 0.6) is 0 Å². The van der Waals surface area contributed by atoms with E-state index in [1.807, 2.05) is 0 Å². The molecule has 0 aromatic carbocycles. The number of rotatable bonds is 3. The molecule has 4 saturated carbocycles. The number of carbonyl (C=O) groups is 1. The van der Waals surface area contributed by atoms with Gasteiger partial charge in [0.1, 0.15) is 0 Å². The van der Waals surface area contributed by atoms with Crippen LogP contribution in [0.1, 0.15) is 49.0 Å². The van der Waals surface area contributed by atoms with Crippen molar-refractivity contribution in [2.75, 3.05) is 0 Å². The predicted molar refractivity (Wildman–Crippen MR) is 82.6 cm³/mol. The zero-order chi connectivity index (χ0) is 15.4. The van der Waals surface area contributed by atoms with Crippen molar-refractivity contribution >= 4 is 5.91 Å². The smallest absolute Gasteiger partial charge is 0.273 e. The molecular weight excluding hydrogens is 292 g/mol. The van der Waals surface area contributed by atoms with E-state index in [0.717, 1.165) is 37.0 Å². The van der Waals surface area contributed by atoms with E-state index in [0.29, 0.717) is 17.2 Å². The minimum atomic E-state index is -0.117. The van der Waals surface area contributed by atoms with Crippen LogP contribution in [-0.4, -0.2) is 16.6 Å². The highest BCUT2D eigenvalue weighted by Gasteiger charge is 2.51. The van der Waals surface area contributed by atoms with Gasteiger partial charge < -0.3 is 14.3 Å². The molecule has 4 fully saturated rings. The van der Waals surface area contributed by atoms with Crippen LogP contribution in [0.4, 0.5) is 0 Å². The first-order chi connectivity index (χ1) is 11.2. The molecule has 2 heterocycles. The van der Waals surface area contributed by atoms with Gasteiger partial charge in [0.05, 0.1) is 6.26 Å². The summed E-state index contributed by atoms with van der Waals surface area (Å²) in [4.78, 5) is 12.6. The van der Waals surface area contributed by atoms with Crippen molar-refractivity contribution in [2.45, 2.75) is 44.1 Å². The summed E-state index contributed by atoms with van der Waals surface area (Å²) in [6.45, 7) is 0. The zero-order valence-corrected chi connectivity index (χ0v) is 13.0. The van der Waals surface area contributed by atoms with Crippen LogP contribution in [0.2, 0.25) is 0 Å². The number of nitrogens with zero attached hydrogens (tertiary/aromatic N) is 1. The minimum Gasteiger partial charge on any atom is -0.461 e. The van der Waals surface area contributed by atoms with Crippen LogP contribution in [0.15, 0.2) is 33.4 Å². The van der Waals surface area contributed by atoms with Crippen LogP contribution < -0.4 is 5.32 Å². The summed E-state index contributed by atoms with van der Waals surface area (Å²) in [6, 6.07) is 5.24. The molecule has 0 radical (unpaired) electrons. The van der Waals surface area contributed by atoms with Crippen molar-refractivity contribution in [1.29, 1.82) is 0 Å². The quantitative estimate of drug-likeness (QED) is 0.939. The second-order valence-electron chi connectivity index (χ2n) is 7.71. The molecule has 2 aromatic rings. The van der Waals surface area contributed by atoms with Crippen LogP contribution in [0, 0.1) is 17.8 Å². The summed E-state index contributed by atoms with van der Waals surface area (Å²) in [7, 11) is 0. The second-order valence-corrected chi connectivity index (χ2v) is 7.71. The average molecular weight is 312 g/mol. The molecule has 5 nitrogen and oxygen atoms in total. The normalized spacial score (nSPS) is 34.7. The van der Waals surface area contributed by atoms with Gasteiger partial charge in [-0.05, 0) is 68.4 Å². The maximum Gasteiger partial charge on any atom is 0.273 e. The minimum absolute atomic E-state index is 0.00434. The molecule has 4 bridgehead atoms. The molecule has 0 atom stereocenters. The summed E-state index contributed by atoms with van der Waals surface area (Å²) in [5, 5.41) is 7.23. The summed E-state index contributed by atoms with van der Waals surface area (Å²) in [6.07, 6.45) is 9.06. The standard InChI is InChI=1S/C18H20N2O3/c21-17(14-7-16(23-20-14)15-2-1-3-22-15)19-18-8-11-4-12(9-18)6-13(5-11)10-18/h1-3,7,11-13H,4-6,8-10H2,(H,19,21). The lowest BCUT2D eigenvalue weighted by Crippen LogP contribution is -2.59. The molecule has 4 aliphatic carbocycles. The maximum absolute atomic E-state index is 12.6. The van der Waals surface area contributed by atoms with Crippen LogP contribution in [0.3, 0.4) is 0 Å². The number of hydrogen-bond acceptors (Lipinski definition) is 4. The number of furan rings is 1. The largest absolute Gasteiger partial charge is 0.461 e. The molecule has 0 aliphatic heterocycles. The van der Waals surface area contributed by atoms with E-state index < -0.39 is 0 Å². The predicted octanol–water partition coefficient (Wildman–Crippen LogP) is 3.63. The monoisotopic (exact) mass is 312 g/mol. The van der Waals surface area contributed by atoms with Crippen LogP contribution >= 0.6 is 0 Å². The van der Waals surface area contributed by atoms with Gasteiger partial charge in [0.2, 0.25) is 5.76 Å². The lowest BCUT2D eigenvalue weighted by molar-refractivity contribution is -0.0168. The third kappa shape index (κ3) is 2.21. The van der Waals surface area contributed by atoms with Crippen molar-refractivity contribution in [3.63, 3.8) is 0 Å². The van der Waals surface area contributed by atoms with Crippen molar-refractivity contribution in [2.24, 2.45) is 17.8 Å². The first-order valence-electron chi connectivity index (χ1n) is 8.52. The zero-order valence-electron chi connectivity index (χ0n) is 13.0. The van der Waals surface area contributed by atoms with Crippen molar-refractivity contribution in [3.05, 3.63) is 30.2 Å². The Bertz CT molecular complexity index is 696. The Morgan fingerprint density at radius 3 is 2.43 bits per heavy atom. The van der Waals surface area contributed by atoms with Crippen molar-refractivity contribution < 1.29 is 13.7 Å². The fraction of sp³-hybridized carbons (Fsp3) is 0.556. The van der Waals surface area contributed by atoms with Gasteiger partial charge in [-0.2, -0.15) is 0 Å². The maximum atomic E-state index is 12.6. The second kappa shape index (κ2) is 4.73. The fourth-order valence-electron chi connectivity index (χ4n) is 5.49. The molecule has 0 unspecified atom stereocenters. The molecule has 2 aromatic heterocycles. The van der Waals surface area contributed by atoms with Gasteiger partial charge in [0.15, 0.2) is 11.5 Å². The lowest BCUT2D eigenvalue weighted by atomic mass is 9.53. The van der Waals surface area contributed by atoms with Gasteiger partial charge in [-0.15, -0.1) is 0 Å². The van der Waals surface area contributed by atoms with Crippen molar-refractivity contribution in [3.8, 4) is 11.5 Å². The van der Waals surface area contributed by atoms with E-state index in [4.69, 9.17) is 8.94 Å². The highest BCUT2D eigenvalue weighted by molar-refractivity contribution is 5.93. The van der Waals surface area contributed by atoms with Gasteiger partial charge in [-0.3, -0.25) is 4.79 Å². The van der Waals surface area contributed by atoms with Gasteiger partial charge in [-0.1, -0.05) is 5.16 Å². The van der Waals surface area contributed by atoms with E-state index in [1.165, 1.54) is 19.3 Å². The van der Waals surface area contributed by atoms with Crippen LogP contribution in [0.25, 0.3) is 11.5 Å². The molecular formula is C18H20N2O3. The van der Waals surface area contributed by atoms with E-state index in [-0.39, 0.29) is 11.4 Å². The molecule has 1 amide bonds. The van der Waals surface area contributed by atoms with E-state index >= 15 is 0 Å². The highest BCUT2D eigenvalue weighted by Crippen LogP contribution is 2.55. The topological polar surface area (TPSA) is 68.3 Å².